The molecule has 0 spiro atoms. The number of nitrogens with zero attached hydrogens (tertiary/aromatic N) is 1. The minimum atomic E-state index is -0.321. The Morgan fingerprint density at radius 1 is 1.65 bits per heavy atom. The van der Waals surface area contributed by atoms with Gasteiger partial charge in [0.2, 0.25) is 5.91 Å². The fourth-order valence-corrected chi connectivity index (χ4v) is 2.01. The maximum Gasteiger partial charge on any atom is 0.237 e. The van der Waals surface area contributed by atoms with E-state index in [1.54, 1.807) is 7.11 Å². The Morgan fingerprint density at radius 2 is 2.35 bits per heavy atom. The van der Waals surface area contributed by atoms with Gasteiger partial charge in [0.25, 0.3) is 0 Å². The van der Waals surface area contributed by atoms with E-state index in [0.29, 0.717) is 25.6 Å². The van der Waals surface area contributed by atoms with Crippen molar-refractivity contribution in [2.45, 2.75) is 32.4 Å². The molecule has 2 N–H and O–H groups in total. The van der Waals surface area contributed by atoms with Gasteiger partial charge in [0.05, 0.1) is 18.8 Å². The Labute approximate surface area is 103 Å². The summed E-state index contributed by atoms with van der Waals surface area (Å²) < 4.78 is 4.88. The van der Waals surface area contributed by atoms with Gasteiger partial charge >= 0.3 is 0 Å². The van der Waals surface area contributed by atoms with Gasteiger partial charge in [0.1, 0.15) is 0 Å². The maximum atomic E-state index is 11.8. The van der Waals surface area contributed by atoms with E-state index in [9.17, 15) is 9.90 Å². The molecule has 0 saturated carbocycles. The number of rotatable bonds is 5. The number of hydrogen-bond donors (Lipinski definition) is 2. The molecule has 3 unspecified atom stereocenters. The van der Waals surface area contributed by atoms with Crippen molar-refractivity contribution in [2.75, 3.05) is 33.4 Å². The molecule has 5 nitrogen and oxygen atoms in total. The summed E-state index contributed by atoms with van der Waals surface area (Å²) in [6.45, 7) is 6.44. The predicted molar refractivity (Wildman–Crippen MR) is 65.7 cm³/mol. The van der Waals surface area contributed by atoms with Gasteiger partial charge in [-0.15, -0.1) is 0 Å². The topological polar surface area (TPSA) is 61.8 Å². The van der Waals surface area contributed by atoms with Crippen molar-refractivity contribution in [3.05, 3.63) is 0 Å². The van der Waals surface area contributed by atoms with Crippen LogP contribution in [0.1, 0.15) is 20.3 Å². The van der Waals surface area contributed by atoms with Crippen molar-refractivity contribution in [3.63, 3.8) is 0 Å². The van der Waals surface area contributed by atoms with Crippen molar-refractivity contribution in [3.8, 4) is 0 Å². The molecule has 5 heteroatoms. The van der Waals surface area contributed by atoms with Crippen LogP contribution in [0.4, 0.5) is 0 Å². The summed E-state index contributed by atoms with van der Waals surface area (Å²) in [7, 11) is 1.61. The van der Waals surface area contributed by atoms with Crippen LogP contribution in [0.5, 0.6) is 0 Å². The molecule has 1 aliphatic heterocycles. The summed E-state index contributed by atoms with van der Waals surface area (Å²) in [5, 5.41) is 12.6. The zero-order chi connectivity index (χ0) is 12.8. The lowest BCUT2D eigenvalue weighted by Crippen LogP contribution is -2.52. The first-order chi connectivity index (χ1) is 8.06. The van der Waals surface area contributed by atoms with Crippen LogP contribution in [0.2, 0.25) is 0 Å². The zero-order valence-corrected chi connectivity index (χ0v) is 11.0. The number of carbonyl (C=O) groups excluding carboxylic acids is 1. The van der Waals surface area contributed by atoms with Gasteiger partial charge in [0, 0.05) is 20.2 Å². The molecule has 1 fully saturated rings. The monoisotopic (exact) mass is 244 g/mol. The largest absolute Gasteiger partial charge is 0.392 e. The predicted octanol–water partition coefficient (Wildman–Crippen LogP) is -0.160. The highest BCUT2D eigenvalue weighted by atomic mass is 16.5. The molecule has 0 aliphatic carbocycles. The number of amides is 1. The van der Waals surface area contributed by atoms with Crippen LogP contribution >= 0.6 is 0 Å². The highest BCUT2D eigenvalue weighted by molar-refractivity contribution is 5.81. The Bertz CT molecular complexity index is 248. The lowest BCUT2D eigenvalue weighted by molar-refractivity contribution is -0.127. The number of likely N-dealkylation sites (tertiary alicyclic amines) is 1. The van der Waals surface area contributed by atoms with Crippen molar-refractivity contribution >= 4 is 5.91 Å². The zero-order valence-electron chi connectivity index (χ0n) is 11.0. The Kier molecular flexibility index (Phi) is 5.88. The molecule has 1 rings (SSSR count). The van der Waals surface area contributed by atoms with E-state index in [1.807, 2.05) is 18.7 Å². The van der Waals surface area contributed by atoms with Gasteiger partial charge in [-0.2, -0.15) is 0 Å². The smallest absolute Gasteiger partial charge is 0.237 e. The quantitative estimate of drug-likeness (QED) is 0.660. The molecule has 0 aromatic rings. The summed E-state index contributed by atoms with van der Waals surface area (Å²) in [6, 6.07) is -0.186. The lowest BCUT2D eigenvalue weighted by atomic mass is 9.95. The van der Waals surface area contributed by atoms with E-state index in [4.69, 9.17) is 4.74 Å². The standard InChI is InChI=1S/C12H24N2O3/c1-9-4-6-14(8-11(9)15)10(2)12(16)13-5-7-17-3/h9-11,15H,4-8H2,1-3H3,(H,13,16). The van der Waals surface area contributed by atoms with Crippen LogP contribution in [0, 0.1) is 5.92 Å². The molecule has 100 valence electrons. The number of carbonyl (C=O) groups is 1. The fraction of sp³-hybridized carbons (Fsp3) is 0.917. The van der Waals surface area contributed by atoms with Crippen molar-refractivity contribution in [1.29, 1.82) is 0 Å². The number of ether oxygens (including phenoxy) is 1. The van der Waals surface area contributed by atoms with Crippen LogP contribution in [0.3, 0.4) is 0 Å². The van der Waals surface area contributed by atoms with Crippen LogP contribution in [-0.2, 0) is 9.53 Å². The second-order valence-electron chi connectivity index (χ2n) is 4.79. The number of piperidine rings is 1. The SMILES string of the molecule is COCCNC(=O)C(C)N1CCC(C)C(O)C1. The number of nitrogens with one attached hydrogen (secondary N) is 1. The minimum Gasteiger partial charge on any atom is -0.392 e. The lowest BCUT2D eigenvalue weighted by Gasteiger charge is -2.37. The second-order valence-corrected chi connectivity index (χ2v) is 4.79. The summed E-state index contributed by atoms with van der Waals surface area (Å²) >= 11 is 0. The Hall–Kier alpha value is -0.650. The van der Waals surface area contributed by atoms with Gasteiger partial charge in [-0.25, -0.2) is 0 Å². The third-order valence-electron chi connectivity index (χ3n) is 3.48. The Morgan fingerprint density at radius 3 is 2.94 bits per heavy atom. The van der Waals surface area contributed by atoms with Gasteiger partial charge < -0.3 is 15.2 Å². The van der Waals surface area contributed by atoms with Crippen LogP contribution in [0.15, 0.2) is 0 Å². The van der Waals surface area contributed by atoms with Gasteiger partial charge in [-0.1, -0.05) is 6.92 Å². The van der Waals surface area contributed by atoms with E-state index in [-0.39, 0.29) is 18.1 Å². The maximum absolute atomic E-state index is 11.8. The van der Waals surface area contributed by atoms with Crippen molar-refractivity contribution < 1.29 is 14.6 Å². The second kappa shape index (κ2) is 6.93. The van der Waals surface area contributed by atoms with E-state index in [0.717, 1.165) is 13.0 Å². The average Bonchev–Trinajstić information content (AvgIpc) is 2.32. The van der Waals surface area contributed by atoms with E-state index < -0.39 is 0 Å². The molecule has 1 amide bonds. The molecule has 1 saturated heterocycles. The number of aliphatic hydroxyl groups excluding tert-OH is 1. The highest BCUT2D eigenvalue weighted by Gasteiger charge is 2.29. The normalized spacial score (nSPS) is 27.8. The summed E-state index contributed by atoms with van der Waals surface area (Å²) in [5.74, 6) is 0.332. The van der Waals surface area contributed by atoms with Crippen LogP contribution in [0.25, 0.3) is 0 Å². The summed E-state index contributed by atoms with van der Waals surface area (Å²) in [5.41, 5.74) is 0. The molecule has 0 bridgehead atoms. The van der Waals surface area contributed by atoms with Crippen LogP contribution in [-0.4, -0.2) is 61.4 Å². The Balaban J connectivity index is 2.36. The van der Waals surface area contributed by atoms with Crippen LogP contribution < -0.4 is 5.32 Å². The molecular formula is C12H24N2O3. The molecular weight excluding hydrogens is 220 g/mol. The van der Waals surface area contributed by atoms with Gasteiger partial charge in [-0.05, 0) is 25.8 Å². The molecule has 0 radical (unpaired) electrons. The number of β-amino-alcohol motifs (C(OH)–C–C–N with tert-alkyl or cyclic N) is 1. The summed E-state index contributed by atoms with van der Waals surface area (Å²) in [6.07, 6.45) is 0.620. The third-order valence-corrected chi connectivity index (χ3v) is 3.48. The van der Waals surface area contributed by atoms with E-state index in [1.165, 1.54) is 0 Å². The van der Waals surface area contributed by atoms with E-state index in [2.05, 4.69) is 5.32 Å². The van der Waals surface area contributed by atoms with Gasteiger partial charge in [0.15, 0.2) is 0 Å². The summed E-state index contributed by atoms with van der Waals surface area (Å²) in [4.78, 5) is 13.8. The highest BCUT2D eigenvalue weighted by Crippen LogP contribution is 2.18. The first-order valence-electron chi connectivity index (χ1n) is 6.25. The fourth-order valence-electron chi connectivity index (χ4n) is 2.01. The van der Waals surface area contributed by atoms with Crippen molar-refractivity contribution in [2.24, 2.45) is 5.92 Å². The molecule has 0 aromatic heterocycles. The molecule has 17 heavy (non-hydrogen) atoms. The number of methoxy groups -OCH3 is 1. The molecule has 3 atom stereocenters. The average molecular weight is 244 g/mol. The minimum absolute atomic E-state index is 0.00352. The molecule has 0 aromatic carbocycles. The van der Waals surface area contributed by atoms with Crippen molar-refractivity contribution in [1.82, 2.24) is 10.2 Å². The third kappa shape index (κ3) is 4.26. The first-order valence-corrected chi connectivity index (χ1v) is 6.25. The van der Waals surface area contributed by atoms with E-state index >= 15 is 0 Å². The van der Waals surface area contributed by atoms with Gasteiger partial charge in [-0.3, -0.25) is 9.69 Å². The molecule has 1 aliphatic rings. The first kappa shape index (κ1) is 14.4. The number of aliphatic hydroxyl groups is 1. The molecule has 1 heterocycles. The number of hydrogen-bond acceptors (Lipinski definition) is 4.